The van der Waals surface area contributed by atoms with Gasteiger partial charge < -0.3 is 14.8 Å². The molecule has 0 spiro atoms. The van der Waals surface area contributed by atoms with Gasteiger partial charge in [0.15, 0.2) is 11.5 Å². The Balaban J connectivity index is 2.08. The van der Waals surface area contributed by atoms with Crippen molar-refractivity contribution in [3.05, 3.63) is 69.8 Å². The third-order valence-corrected chi connectivity index (χ3v) is 4.47. The van der Waals surface area contributed by atoms with E-state index >= 15 is 0 Å². The fourth-order valence-corrected chi connectivity index (χ4v) is 3.20. The van der Waals surface area contributed by atoms with E-state index < -0.39 is 0 Å². The normalized spacial score (nSPS) is 11.8. The van der Waals surface area contributed by atoms with Gasteiger partial charge in [-0.15, -0.1) is 0 Å². The smallest absolute Gasteiger partial charge is 0.174 e. The highest BCUT2D eigenvalue weighted by Crippen LogP contribution is 2.33. The van der Waals surface area contributed by atoms with Crippen LogP contribution in [0.4, 0.5) is 0 Å². The quantitative estimate of drug-likeness (QED) is 0.518. The molecule has 1 atom stereocenters. The van der Waals surface area contributed by atoms with E-state index in [0.717, 1.165) is 21.6 Å². The number of rotatable bonds is 8. The van der Waals surface area contributed by atoms with Crippen LogP contribution in [-0.4, -0.2) is 13.7 Å². The van der Waals surface area contributed by atoms with E-state index in [1.807, 2.05) is 6.07 Å². The van der Waals surface area contributed by atoms with Crippen molar-refractivity contribution in [1.82, 2.24) is 0 Å². The first-order valence-corrected chi connectivity index (χ1v) is 8.72. The Bertz CT molecular complexity index is 643. The molecule has 0 unspecified atom stereocenters. The molecule has 2 aromatic carbocycles. The number of hydrogen-bond donors (Lipinski definition) is 1. The van der Waals surface area contributed by atoms with Gasteiger partial charge in [-0.2, -0.15) is 0 Å². The molecule has 122 valence electrons. The second kappa shape index (κ2) is 8.93. The highest BCUT2D eigenvalue weighted by Gasteiger charge is 2.13. The summed E-state index contributed by atoms with van der Waals surface area (Å²) in [7, 11) is 1.67. The summed E-state index contributed by atoms with van der Waals surface area (Å²) >= 11 is 2.29. The van der Waals surface area contributed by atoms with Crippen LogP contribution in [0.15, 0.2) is 55.1 Å². The minimum atomic E-state index is 0.413. The zero-order chi connectivity index (χ0) is 16.7. The Labute approximate surface area is 151 Å². The lowest BCUT2D eigenvalue weighted by Gasteiger charge is -2.15. The van der Waals surface area contributed by atoms with Crippen molar-refractivity contribution < 1.29 is 14.8 Å². The molecule has 0 aromatic heterocycles. The van der Waals surface area contributed by atoms with Gasteiger partial charge in [0.2, 0.25) is 0 Å². The minimum Gasteiger partial charge on any atom is -0.493 e. The van der Waals surface area contributed by atoms with Crippen LogP contribution in [0.3, 0.4) is 0 Å². The Morgan fingerprint density at radius 2 is 2.00 bits per heavy atom. The summed E-state index contributed by atoms with van der Waals surface area (Å²) in [5.41, 5.74) is 2.56. The second-order valence-electron chi connectivity index (χ2n) is 5.35. The third kappa shape index (κ3) is 4.97. The molecule has 4 heteroatoms. The van der Waals surface area contributed by atoms with Crippen LogP contribution in [0.2, 0.25) is 0 Å². The molecule has 0 saturated heterocycles. The Morgan fingerprint density at radius 3 is 2.65 bits per heavy atom. The van der Waals surface area contributed by atoms with E-state index in [1.54, 1.807) is 13.2 Å². The molecule has 0 amide bonds. The number of methoxy groups -OCH3 is 1. The van der Waals surface area contributed by atoms with Gasteiger partial charge in [0.05, 0.1) is 10.7 Å². The lowest BCUT2D eigenvalue weighted by Crippen LogP contribution is -2.83. The molecule has 2 aromatic rings. The zero-order valence-corrected chi connectivity index (χ0v) is 15.7. The van der Waals surface area contributed by atoms with E-state index in [9.17, 15) is 0 Å². The van der Waals surface area contributed by atoms with Crippen molar-refractivity contribution in [3.63, 3.8) is 0 Å². The number of halogens is 1. The number of benzene rings is 2. The van der Waals surface area contributed by atoms with Crippen molar-refractivity contribution in [2.75, 3.05) is 13.7 Å². The van der Waals surface area contributed by atoms with Crippen molar-refractivity contribution in [3.8, 4) is 11.5 Å². The van der Waals surface area contributed by atoms with Gasteiger partial charge in [-0.3, -0.25) is 0 Å². The first-order chi connectivity index (χ1) is 11.2. The second-order valence-corrected chi connectivity index (χ2v) is 6.51. The monoisotopic (exact) mass is 424 g/mol. The molecule has 0 aliphatic heterocycles. The Kier molecular flexibility index (Phi) is 6.92. The topological polar surface area (TPSA) is 35.1 Å². The van der Waals surface area contributed by atoms with Crippen LogP contribution < -0.4 is 14.8 Å². The Hall–Kier alpha value is -1.53. The zero-order valence-electron chi connectivity index (χ0n) is 13.6. The highest BCUT2D eigenvalue weighted by molar-refractivity contribution is 14.1. The summed E-state index contributed by atoms with van der Waals surface area (Å²) in [4.78, 5) is 0. The van der Waals surface area contributed by atoms with Crippen LogP contribution in [0.5, 0.6) is 11.5 Å². The molecule has 3 nitrogen and oxygen atoms in total. The van der Waals surface area contributed by atoms with Gasteiger partial charge in [-0.25, -0.2) is 0 Å². The van der Waals surface area contributed by atoms with Crippen molar-refractivity contribution >= 4 is 22.6 Å². The number of ether oxygens (including phenoxy) is 2. The molecule has 0 fully saturated rings. The molecule has 23 heavy (non-hydrogen) atoms. The van der Waals surface area contributed by atoms with E-state index in [0.29, 0.717) is 12.6 Å². The molecule has 0 heterocycles. The molecule has 0 saturated carbocycles. The number of hydrogen-bond acceptors (Lipinski definition) is 2. The minimum absolute atomic E-state index is 0.413. The van der Waals surface area contributed by atoms with Gasteiger partial charge in [0.25, 0.3) is 0 Å². The van der Waals surface area contributed by atoms with Crippen LogP contribution in [0.25, 0.3) is 0 Å². The first-order valence-electron chi connectivity index (χ1n) is 7.64. The predicted octanol–water partition coefficient (Wildman–Crippen LogP) is 3.69. The van der Waals surface area contributed by atoms with Crippen molar-refractivity contribution in [2.45, 2.75) is 19.5 Å². The van der Waals surface area contributed by atoms with Gasteiger partial charge >= 0.3 is 0 Å². The van der Waals surface area contributed by atoms with Crippen molar-refractivity contribution in [2.24, 2.45) is 0 Å². The molecule has 0 bridgehead atoms. The summed E-state index contributed by atoms with van der Waals surface area (Å²) < 4.78 is 12.2. The fourth-order valence-electron chi connectivity index (χ4n) is 2.38. The maximum atomic E-state index is 5.70. The number of quaternary nitrogens is 1. The number of nitrogens with two attached hydrogens (primary N) is 1. The maximum absolute atomic E-state index is 5.70. The summed E-state index contributed by atoms with van der Waals surface area (Å²) in [6.07, 6.45) is 1.73. The van der Waals surface area contributed by atoms with Crippen LogP contribution in [0, 0.1) is 3.57 Å². The van der Waals surface area contributed by atoms with E-state index in [4.69, 9.17) is 9.47 Å². The van der Waals surface area contributed by atoms with E-state index in [2.05, 4.69) is 77.8 Å². The lowest BCUT2D eigenvalue weighted by molar-refractivity contribution is -0.707. The summed E-state index contributed by atoms with van der Waals surface area (Å²) in [6.45, 7) is 7.27. The van der Waals surface area contributed by atoms with Crippen LogP contribution in [-0.2, 0) is 6.54 Å². The van der Waals surface area contributed by atoms with Crippen LogP contribution >= 0.6 is 22.6 Å². The Morgan fingerprint density at radius 1 is 1.26 bits per heavy atom. The molecule has 0 radical (unpaired) electrons. The lowest BCUT2D eigenvalue weighted by atomic mass is 10.1. The summed E-state index contributed by atoms with van der Waals surface area (Å²) in [5.74, 6) is 1.56. The molecular weight excluding hydrogens is 401 g/mol. The average Bonchev–Trinajstić information content (AvgIpc) is 2.59. The molecule has 2 N–H and O–H groups in total. The van der Waals surface area contributed by atoms with Crippen LogP contribution in [0.1, 0.15) is 24.1 Å². The third-order valence-electron chi connectivity index (χ3n) is 3.67. The molecular formula is C19H23INO2+. The average molecular weight is 424 g/mol. The highest BCUT2D eigenvalue weighted by atomic mass is 127. The maximum Gasteiger partial charge on any atom is 0.174 e. The van der Waals surface area contributed by atoms with Crippen molar-refractivity contribution in [1.29, 1.82) is 0 Å². The van der Waals surface area contributed by atoms with Gasteiger partial charge in [0.1, 0.15) is 19.2 Å². The summed E-state index contributed by atoms with van der Waals surface area (Å²) in [6, 6.07) is 15.1. The van der Waals surface area contributed by atoms with Gasteiger partial charge in [-0.1, -0.05) is 43.0 Å². The fraction of sp³-hybridized carbons (Fsp3) is 0.263. The largest absolute Gasteiger partial charge is 0.493 e. The molecule has 0 aliphatic rings. The van der Waals surface area contributed by atoms with Gasteiger partial charge in [0, 0.05) is 11.1 Å². The van der Waals surface area contributed by atoms with E-state index in [1.165, 1.54) is 11.1 Å². The summed E-state index contributed by atoms with van der Waals surface area (Å²) in [5, 5.41) is 2.32. The standard InChI is InChI=1S/C19H22INO2/c1-4-10-23-19-17(20)11-15(12-18(19)22-3)13-21-14(2)16-8-6-5-7-9-16/h4-9,11-12,14,21H,1,10,13H2,2-3H3/p+1/t14-/m0/s1. The van der Waals surface area contributed by atoms with Gasteiger partial charge in [-0.05, 0) is 41.6 Å². The first kappa shape index (κ1) is 17.8. The van der Waals surface area contributed by atoms with E-state index in [-0.39, 0.29) is 0 Å². The SMILES string of the molecule is C=CCOc1c(I)cc(C[NH2+][C@@H](C)c2ccccc2)cc1OC. The molecule has 2 rings (SSSR count). The predicted molar refractivity (Wildman–Crippen MR) is 102 cm³/mol. The molecule has 0 aliphatic carbocycles.